The standard InChI is InChI=1S/C44H25N5/c45-26-28-10-9-15-32(24-28)48-37-17-8-7-16-35(37)41-39(48)22-19-33-34-20-23-40-42(44(34)49(43(33)41)31-13-5-2-6-14-31)36-25-29(27-46)18-21-38(36)47(40)30-11-3-1-4-12-30/h1-25H. The van der Waals surface area contributed by atoms with Crippen LogP contribution < -0.4 is 0 Å². The maximum absolute atomic E-state index is 10.0. The monoisotopic (exact) mass is 623 g/mol. The summed E-state index contributed by atoms with van der Waals surface area (Å²) in [6.45, 7) is 0. The van der Waals surface area contributed by atoms with Crippen molar-refractivity contribution in [3.05, 3.63) is 163 Å². The molecule has 0 unspecified atom stereocenters. The summed E-state index contributed by atoms with van der Waals surface area (Å²) in [6, 6.07) is 57.0. The van der Waals surface area contributed by atoms with E-state index in [9.17, 15) is 10.5 Å². The van der Waals surface area contributed by atoms with Gasteiger partial charge in [-0.3, -0.25) is 0 Å². The topological polar surface area (TPSA) is 62.4 Å². The van der Waals surface area contributed by atoms with Gasteiger partial charge in [-0.1, -0.05) is 72.8 Å². The van der Waals surface area contributed by atoms with E-state index in [4.69, 9.17) is 0 Å². The molecule has 0 bridgehead atoms. The van der Waals surface area contributed by atoms with E-state index in [0.29, 0.717) is 11.1 Å². The fourth-order valence-electron chi connectivity index (χ4n) is 7.90. The lowest BCUT2D eigenvalue weighted by Crippen LogP contribution is -1.96. The number of fused-ring (bicyclic) bond motifs is 11. The second-order valence-electron chi connectivity index (χ2n) is 12.4. The number of benzene rings is 7. The third kappa shape index (κ3) is 3.73. The Morgan fingerprint density at radius 2 is 0.857 bits per heavy atom. The molecule has 0 amide bonds. The third-order valence-electron chi connectivity index (χ3n) is 9.84. The van der Waals surface area contributed by atoms with Crippen LogP contribution in [0.1, 0.15) is 11.1 Å². The average Bonchev–Trinajstić information content (AvgIpc) is 3.80. The summed E-state index contributed by atoms with van der Waals surface area (Å²) in [4.78, 5) is 0. The van der Waals surface area contributed by atoms with Crippen LogP contribution >= 0.6 is 0 Å². The van der Waals surface area contributed by atoms with Crippen LogP contribution in [0.15, 0.2) is 152 Å². The highest BCUT2D eigenvalue weighted by Gasteiger charge is 2.24. The van der Waals surface area contributed by atoms with Crippen molar-refractivity contribution >= 4 is 65.4 Å². The van der Waals surface area contributed by atoms with Crippen LogP contribution in [-0.2, 0) is 0 Å². The lowest BCUT2D eigenvalue weighted by molar-refractivity contribution is 1.17. The van der Waals surface area contributed by atoms with Crippen LogP contribution in [0.5, 0.6) is 0 Å². The molecule has 0 aliphatic rings. The van der Waals surface area contributed by atoms with Crippen molar-refractivity contribution in [3.63, 3.8) is 0 Å². The first-order valence-electron chi connectivity index (χ1n) is 16.2. The van der Waals surface area contributed by atoms with Crippen molar-refractivity contribution in [2.24, 2.45) is 0 Å². The summed E-state index contributed by atoms with van der Waals surface area (Å²) >= 11 is 0. The fraction of sp³-hybridized carbons (Fsp3) is 0. The molecule has 0 N–H and O–H groups in total. The molecule has 0 saturated heterocycles. The van der Waals surface area contributed by atoms with E-state index in [-0.39, 0.29) is 0 Å². The first-order valence-corrected chi connectivity index (χ1v) is 16.2. The fourth-order valence-corrected chi connectivity index (χ4v) is 7.90. The van der Waals surface area contributed by atoms with Crippen LogP contribution in [0, 0.1) is 22.7 Å². The lowest BCUT2D eigenvalue weighted by atomic mass is 10.0. The molecule has 5 nitrogen and oxygen atoms in total. The molecular formula is C44H25N5. The highest BCUT2D eigenvalue weighted by molar-refractivity contribution is 6.31. The van der Waals surface area contributed by atoms with Gasteiger partial charge in [0.1, 0.15) is 0 Å². The second kappa shape index (κ2) is 10.2. The summed E-state index contributed by atoms with van der Waals surface area (Å²) in [5.74, 6) is 0. The molecular weight excluding hydrogens is 599 g/mol. The van der Waals surface area contributed by atoms with Gasteiger partial charge in [-0.2, -0.15) is 10.5 Å². The molecule has 0 radical (unpaired) electrons. The van der Waals surface area contributed by atoms with Crippen molar-refractivity contribution in [2.45, 2.75) is 0 Å². The van der Waals surface area contributed by atoms with Gasteiger partial charge in [-0.15, -0.1) is 0 Å². The van der Waals surface area contributed by atoms with Crippen molar-refractivity contribution in [1.82, 2.24) is 13.7 Å². The Hall–Kier alpha value is -7.08. The molecule has 0 aliphatic heterocycles. The Balaban J connectivity index is 1.47. The van der Waals surface area contributed by atoms with Gasteiger partial charge in [0.25, 0.3) is 0 Å². The summed E-state index contributed by atoms with van der Waals surface area (Å²) in [5.41, 5.74) is 10.8. The Kier molecular flexibility index (Phi) is 5.64. The van der Waals surface area contributed by atoms with Crippen LogP contribution in [-0.4, -0.2) is 13.7 Å². The molecule has 7 aromatic carbocycles. The van der Waals surface area contributed by atoms with Gasteiger partial charge >= 0.3 is 0 Å². The van der Waals surface area contributed by atoms with Crippen LogP contribution in [0.25, 0.3) is 82.5 Å². The maximum atomic E-state index is 10.0. The number of para-hydroxylation sites is 3. The van der Waals surface area contributed by atoms with Crippen LogP contribution in [0.4, 0.5) is 0 Å². The number of aromatic nitrogens is 3. The molecule has 3 aromatic heterocycles. The Morgan fingerprint density at radius 1 is 0.347 bits per heavy atom. The number of hydrogen-bond acceptors (Lipinski definition) is 2. The molecule has 10 rings (SSSR count). The van der Waals surface area contributed by atoms with Gasteiger partial charge in [-0.05, 0) is 78.9 Å². The van der Waals surface area contributed by atoms with E-state index in [0.717, 1.165) is 82.5 Å². The highest BCUT2D eigenvalue weighted by Crippen LogP contribution is 2.46. The van der Waals surface area contributed by atoms with Gasteiger partial charge in [0, 0.05) is 49.4 Å². The SMILES string of the molecule is N#Cc1cccc(-n2c3ccccc3c3c2ccc2c4ccc5c(c6cc(C#N)ccc6n5-c5ccccc5)c4n(-c4ccccc4)c23)c1. The zero-order valence-electron chi connectivity index (χ0n) is 26.2. The number of nitrogens with zero attached hydrogens (tertiary/aromatic N) is 5. The summed E-state index contributed by atoms with van der Waals surface area (Å²) in [6.07, 6.45) is 0. The largest absolute Gasteiger partial charge is 0.309 e. The first kappa shape index (κ1) is 27.1. The zero-order valence-corrected chi connectivity index (χ0v) is 26.2. The summed E-state index contributed by atoms with van der Waals surface area (Å²) in [7, 11) is 0. The lowest BCUT2D eigenvalue weighted by Gasteiger charge is -2.11. The number of hydrogen-bond donors (Lipinski definition) is 0. The zero-order chi connectivity index (χ0) is 32.6. The number of rotatable bonds is 3. The molecule has 0 spiro atoms. The smallest absolute Gasteiger partial charge is 0.0992 e. The van der Waals surface area contributed by atoms with E-state index >= 15 is 0 Å². The molecule has 10 aromatic rings. The number of nitriles is 2. The predicted octanol–water partition coefficient (Wildman–Crippen LogP) is 10.7. The Morgan fingerprint density at radius 3 is 1.53 bits per heavy atom. The van der Waals surface area contributed by atoms with Gasteiger partial charge in [0.05, 0.1) is 56.4 Å². The molecule has 5 heteroatoms. The second-order valence-corrected chi connectivity index (χ2v) is 12.4. The van der Waals surface area contributed by atoms with Gasteiger partial charge < -0.3 is 13.7 Å². The molecule has 226 valence electrons. The minimum atomic E-state index is 0.622. The van der Waals surface area contributed by atoms with Crippen molar-refractivity contribution in [3.8, 4) is 29.2 Å². The highest BCUT2D eigenvalue weighted by atomic mass is 15.0. The molecule has 3 heterocycles. The predicted molar refractivity (Wildman–Crippen MR) is 199 cm³/mol. The van der Waals surface area contributed by atoms with E-state index in [1.807, 2.05) is 36.4 Å². The molecule has 0 atom stereocenters. The van der Waals surface area contributed by atoms with Crippen LogP contribution in [0.2, 0.25) is 0 Å². The molecule has 49 heavy (non-hydrogen) atoms. The molecule has 0 aliphatic carbocycles. The van der Waals surface area contributed by atoms with Gasteiger partial charge in [0.15, 0.2) is 0 Å². The summed E-state index contributed by atoms with van der Waals surface area (Å²) < 4.78 is 7.00. The van der Waals surface area contributed by atoms with Crippen molar-refractivity contribution < 1.29 is 0 Å². The Labute approximate surface area is 280 Å². The van der Waals surface area contributed by atoms with E-state index in [1.54, 1.807) is 0 Å². The van der Waals surface area contributed by atoms with Gasteiger partial charge in [-0.25, -0.2) is 0 Å². The maximum Gasteiger partial charge on any atom is 0.0992 e. The van der Waals surface area contributed by atoms with Gasteiger partial charge in [0.2, 0.25) is 0 Å². The third-order valence-corrected chi connectivity index (χ3v) is 9.84. The van der Waals surface area contributed by atoms with Crippen molar-refractivity contribution in [2.75, 3.05) is 0 Å². The first-order chi connectivity index (χ1) is 24.2. The van der Waals surface area contributed by atoms with E-state index in [1.165, 1.54) is 0 Å². The van der Waals surface area contributed by atoms with Crippen LogP contribution in [0.3, 0.4) is 0 Å². The van der Waals surface area contributed by atoms with Crippen molar-refractivity contribution in [1.29, 1.82) is 10.5 Å². The van der Waals surface area contributed by atoms with E-state index < -0.39 is 0 Å². The minimum absolute atomic E-state index is 0.622. The quantitative estimate of drug-likeness (QED) is 0.197. The van der Waals surface area contributed by atoms with E-state index in [2.05, 4.69) is 141 Å². The molecule has 0 fully saturated rings. The molecule has 0 saturated carbocycles. The normalized spacial score (nSPS) is 11.6. The summed E-state index contributed by atoms with van der Waals surface area (Å²) in [5, 5.41) is 26.5. The average molecular weight is 624 g/mol. The Bertz CT molecular complexity index is 3050. The minimum Gasteiger partial charge on any atom is -0.309 e.